The van der Waals surface area contributed by atoms with E-state index in [9.17, 15) is 4.79 Å². The Morgan fingerprint density at radius 1 is 1.36 bits per heavy atom. The summed E-state index contributed by atoms with van der Waals surface area (Å²) in [6.07, 6.45) is 0.793. The largest absolute Gasteiger partial charge is 0.462 e. The third-order valence-electron chi connectivity index (χ3n) is 1.96. The second-order valence-corrected chi connectivity index (χ2v) is 2.80. The third kappa shape index (κ3) is 2.05. The topological polar surface area (TPSA) is 52.3 Å². The van der Waals surface area contributed by atoms with Gasteiger partial charge in [0.25, 0.3) is 0 Å². The average molecular weight is 193 g/mol. The lowest BCUT2D eigenvalue weighted by atomic mass is 10.0. The summed E-state index contributed by atoms with van der Waals surface area (Å²) < 4.78 is 4.86. The molecule has 0 aliphatic carbocycles. The SMILES string of the molecule is CC.Nc1ccc2c(c1)C(=O)OCC2. The molecule has 0 saturated carbocycles. The highest BCUT2D eigenvalue weighted by molar-refractivity contribution is 5.93. The molecule has 3 heteroatoms. The predicted octanol–water partition coefficient (Wildman–Crippen LogP) is 2.01. The van der Waals surface area contributed by atoms with Crippen LogP contribution in [0, 0.1) is 0 Å². The highest BCUT2D eigenvalue weighted by Gasteiger charge is 2.17. The zero-order valence-electron chi connectivity index (χ0n) is 8.54. The minimum atomic E-state index is -0.261. The van der Waals surface area contributed by atoms with E-state index in [4.69, 9.17) is 10.5 Å². The molecule has 0 unspecified atom stereocenters. The first kappa shape index (κ1) is 10.6. The van der Waals surface area contributed by atoms with Gasteiger partial charge in [-0.05, 0) is 17.7 Å². The summed E-state index contributed by atoms with van der Waals surface area (Å²) in [6.45, 7) is 4.48. The van der Waals surface area contributed by atoms with Gasteiger partial charge < -0.3 is 10.5 Å². The van der Waals surface area contributed by atoms with Gasteiger partial charge in [-0.3, -0.25) is 0 Å². The number of hydrogen-bond acceptors (Lipinski definition) is 3. The van der Waals surface area contributed by atoms with Gasteiger partial charge in [-0.15, -0.1) is 0 Å². The second kappa shape index (κ2) is 4.65. The van der Waals surface area contributed by atoms with Gasteiger partial charge in [0.1, 0.15) is 0 Å². The number of anilines is 1. The number of benzene rings is 1. The minimum Gasteiger partial charge on any atom is -0.462 e. The molecule has 0 spiro atoms. The molecule has 76 valence electrons. The lowest BCUT2D eigenvalue weighted by molar-refractivity contribution is 0.0480. The van der Waals surface area contributed by atoms with Crippen LogP contribution in [0.25, 0.3) is 0 Å². The third-order valence-corrected chi connectivity index (χ3v) is 1.96. The van der Waals surface area contributed by atoms with Crippen molar-refractivity contribution in [2.45, 2.75) is 20.3 Å². The van der Waals surface area contributed by atoms with Crippen molar-refractivity contribution in [2.75, 3.05) is 12.3 Å². The Balaban J connectivity index is 0.000000461. The van der Waals surface area contributed by atoms with E-state index >= 15 is 0 Å². The maximum Gasteiger partial charge on any atom is 0.338 e. The first-order valence-electron chi connectivity index (χ1n) is 4.83. The molecule has 1 aliphatic rings. The number of ether oxygens (including phenoxy) is 1. The van der Waals surface area contributed by atoms with Crippen molar-refractivity contribution >= 4 is 11.7 Å². The van der Waals surface area contributed by atoms with Crippen LogP contribution in [0.3, 0.4) is 0 Å². The Kier molecular flexibility index (Phi) is 3.51. The van der Waals surface area contributed by atoms with E-state index in [1.807, 2.05) is 19.9 Å². The van der Waals surface area contributed by atoms with Crippen molar-refractivity contribution in [3.05, 3.63) is 29.3 Å². The molecule has 3 nitrogen and oxygen atoms in total. The molecule has 0 radical (unpaired) electrons. The Labute approximate surface area is 83.9 Å². The molecule has 1 heterocycles. The van der Waals surface area contributed by atoms with E-state index in [0.29, 0.717) is 17.9 Å². The average Bonchev–Trinajstić information content (AvgIpc) is 2.22. The maximum atomic E-state index is 11.2. The van der Waals surface area contributed by atoms with E-state index < -0.39 is 0 Å². The van der Waals surface area contributed by atoms with E-state index in [1.54, 1.807) is 12.1 Å². The summed E-state index contributed by atoms with van der Waals surface area (Å²) >= 11 is 0. The van der Waals surface area contributed by atoms with Gasteiger partial charge in [0.15, 0.2) is 0 Å². The van der Waals surface area contributed by atoms with Crippen molar-refractivity contribution in [2.24, 2.45) is 0 Å². The van der Waals surface area contributed by atoms with Gasteiger partial charge in [0.2, 0.25) is 0 Å². The molecule has 0 atom stereocenters. The number of hydrogen-bond donors (Lipinski definition) is 1. The number of rotatable bonds is 0. The fourth-order valence-electron chi connectivity index (χ4n) is 1.33. The standard InChI is InChI=1S/C9H9NO2.C2H6/c10-7-2-1-6-3-4-12-9(11)8(6)5-7;1-2/h1-2,5H,3-4,10H2;1-2H3. The van der Waals surface area contributed by atoms with Gasteiger partial charge in [-0.1, -0.05) is 19.9 Å². The monoisotopic (exact) mass is 193 g/mol. The van der Waals surface area contributed by atoms with Gasteiger partial charge in [-0.2, -0.15) is 0 Å². The lowest BCUT2D eigenvalue weighted by Crippen LogP contribution is -2.17. The summed E-state index contributed by atoms with van der Waals surface area (Å²) in [6, 6.07) is 5.35. The van der Waals surface area contributed by atoms with Crippen LogP contribution >= 0.6 is 0 Å². The fourth-order valence-corrected chi connectivity index (χ4v) is 1.33. The highest BCUT2D eigenvalue weighted by atomic mass is 16.5. The fraction of sp³-hybridized carbons (Fsp3) is 0.364. The van der Waals surface area contributed by atoms with Crippen molar-refractivity contribution in [3.63, 3.8) is 0 Å². The van der Waals surface area contributed by atoms with Gasteiger partial charge >= 0.3 is 5.97 Å². The first-order chi connectivity index (χ1) is 6.77. The van der Waals surface area contributed by atoms with Crippen LogP contribution in [-0.4, -0.2) is 12.6 Å². The molecule has 0 bridgehead atoms. The van der Waals surface area contributed by atoms with Crippen molar-refractivity contribution < 1.29 is 9.53 Å². The number of esters is 1. The smallest absolute Gasteiger partial charge is 0.338 e. The molecule has 1 aromatic rings. The number of fused-ring (bicyclic) bond motifs is 1. The van der Waals surface area contributed by atoms with Crippen LogP contribution in [-0.2, 0) is 11.2 Å². The van der Waals surface area contributed by atoms with Crippen LogP contribution in [0.15, 0.2) is 18.2 Å². The summed E-state index contributed by atoms with van der Waals surface area (Å²) in [5.74, 6) is -0.261. The van der Waals surface area contributed by atoms with E-state index in [-0.39, 0.29) is 5.97 Å². The molecule has 1 aliphatic heterocycles. The normalized spacial score (nSPS) is 13.4. The first-order valence-corrected chi connectivity index (χ1v) is 4.83. The van der Waals surface area contributed by atoms with Gasteiger partial charge in [0.05, 0.1) is 12.2 Å². The summed E-state index contributed by atoms with van der Waals surface area (Å²) in [7, 11) is 0. The number of carbonyl (C=O) groups excluding carboxylic acids is 1. The molecular weight excluding hydrogens is 178 g/mol. The summed E-state index contributed by atoms with van der Waals surface area (Å²) in [4.78, 5) is 11.2. The Morgan fingerprint density at radius 2 is 2.07 bits per heavy atom. The maximum absolute atomic E-state index is 11.2. The minimum absolute atomic E-state index is 0.261. The van der Waals surface area contributed by atoms with Gasteiger partial charge in [0, 0.05) is 12.1 Å². The molecule has 0 fully saturated rings. The second-order valence-electron chi connectivity index (χ2n) is 2.80. The Morgan fingerprint density at radius 3 is 2.79 bits per heavy atom. The number of nitrogen functional groups attached to an aromatic ring is 1. The van der Waals surface area contributed by atoms with E-state index in [2.05, 4.69) is 0 Å². The molecule has 14 heavy (non-hydrogen) atoms. The number of carbonyl (C=O) groups is 1. The van der Waals surface area contributed by atoms with E-state index in [1.165, 1.54) is 0 Å². The predicted molar refractivity (Wildman–Crippen MR) is 56.2 cm³/mol. The van der Waals surface area contributed by atoms with Crippen LogP contribution in [0.2, 0.25) is 0 Å². The number of nitrogens with two attached hydrogens (primary N) is 1. The summed E-state index contributed by atoms with van der Waals surface area (Å²) in [5.41, 5.74) is 7.78. The van der Waals surface area contributed by atoms with Gasteiger partial charge in [-0.25, -0.2) is 4.79 Å². The number of cyclic esters (lactones) is 1. The van der Waals surface area contributed by atoms with Crippen LogP contribution in [0.4, 0.5) is 5.69 Å². The van der Waals surface area contributed by atoms with E-state index in [0.717, 1.165) is 12.0 Å². The molecule has 2 rings (SSSR count). The zero-order chi connectivity index (χ0) is 10.6. The molecule has 0 saturated heterocycles. The Bertz CT molecular complexity index is 334. The van der Waals surface area contributed by atoms with Crippen molar-refractivity contribution in [1.82, 2.24) is 0 Å². The summed E-state index contributed by atoms with van der Waals surface area (Å²) in [5, 5.41) is 0. The van der Waals surface area contributed by atoms with Crippen LogP contribution in [0.5, 0.6) is 0 Å². The van der Waals surface area contributed by atoms with Crippen LogP contribution in [0.1, 0.15) is 29.8 Å². The van der Waals surface area contributed by atoms with Crippen molar-refractivity contribution in [1.29, 1.82) is 0 Å². The Hall–Kier alpha value is -1.51. The highest BCUT2D eigenvalue weighted by Crippen LogP contribution is 2.18. The lowest BCUT2D eigenvalue weighted by Gasteiger charge is -2.15. The van der Waals surface area contributed by atoms with Crippen LogP contribution < -0.4 is 5.73 Å². The molecule has 1 aromatic carbocycles. The quantitative estimate of drug-likeness (QED) is 0.506. The van der Waals surface area contributed by atoms with Crippen molar-refractivity contribution in [3.8, 4) is 0 Å². The molecular formula is C11H15NO2. The molecule has 2 N–H and O–H groups in total. The zero-order valence-corrected chi connectivity index (χ0v) is 8.54. The molecule has 0 amide bonds. The molecule has 0 aromatic heterocycles.